The lowest BCUT2D eigenvalue weighted by Gasteiger charge is -2.25. The molecule has 1 fully saturated rings. The fraction of sp³-hybridized carbons (Fsp3) is 0.375. The van der Waals surface area contributed by atoms with Crippen LogP contribution < -0.4 is 14.8 Å². The van der Waals surface area contributed by atoms with Crippen molar-refractivity contribution in [3.05, 3.63) is 53.9 Å². The number of rotatable bonds is 4. The average molecular weight is 377 g/mol. The molecule has 2 aromatic carbocycles. The highest BCUT2D eigenvalue weighted by Gasteiger charge is 2.20. The molecule has 28 heavy (non-hydrogen) atoms. The van der Waals surface area contributed by atoms with E-state index in [1.165, 1.54) is 19.3 Å². The van der Waals surface area contributed by atoms with Crippen molar-refractivity contribution in [3.63, 3.8) is 0 Å². The van der Waals surface area contributed by atoms with Gasteiger partial charge in [0, 0.05) is 17.0 Å². The number of hydrogen-bond donors (Lipinski definition) is 0. The monoisotopic (exact) mass is 377 g/mol. The fourth-order valence-corrected chi connectivity index (χ4v) is 3.95. The molecule has 1 aromatic heterocycles. The summed E-state index contributed by atoms with van der Waals surface area (Å²) in [6.45, 7) is 2.31. The molecule has 0 spiro atoms. The lowest BCUT2D eigenvalue weighted by atomic mass is 9.86. The largest absolute Gasteiger partial charge is 0.497 e. The molecule has 0 radical (unpaired) electrons. The van der Waals surface area contributed by atoms with Gasteiger partial charge in [-0.1, -0.05) is 19.8 Å². The molecule has 2 atom stereocenters. The van der Waals surface area contributed by atoms with Crippen LogP contribution in [0.2, 0.25) is 0 Å². The Labute approximate surface area is 165 Å². The van der Waals surface area contributed by atoms with Gasteiger partial charge < -0.3 is 13.9 Å². The van der Waals surface area contributed by atoms with Crippen LogP contribution in [-0.2, 0) is 0 Å². The van der Waals surface area contributed by atoms with Crippen LogP contribution in [0.15, 0.2) is 57.9 Å². The molecule has 1 aliphatic rings. The van der Waals surface area contributed by atoms with E-state index in [0.717, 1.165) is 45.6 Å². The first-order valence-electron chi connectivity index (χ1n) is 9.98. The van der Waals surface area contributed by atoms with Crippen LogP contribution in [0.25, 0.3) is 22.3 Å². The third-order valence-electron chi connectivity index (χ3n) is 5.70. The van der Waals surface area contributed by atoms with Crippen molar-refractivity contribution in [2.45, 2.75) is 38.6 Å². The molecule has 146 valence electrons. The summed E-state index contributed by atoms with van der Waals surface area (Å²) in [5, 5.41) is 1.97. The zero-order valence-electron chi connectivity index (χ0n) is 16.8. The highest BCUT2D eigenvalue weighted by atomic mass is 16.5. The smallest absolute Gasteiger partial charge is 0.137 e. The molecule has 1 aliphatic carbocycles. The summed E-state index contributed by atoms with van der Waals surface area (Å²) in [7, 11) is 3.36. The average Bonchev–Trinajstić information content (AvgIpc) is 2.75. The van der Waals surface area contributed by atoms with Gasteiger partial charge in [0.15, 0.2) is 0 Å². The molecule has 0 saturated heterocycles. The van der Waals surface area contributed by atoms with Crippen LogP contribution in [0.5, 0.6) is 11.5 Å². The number of hydrogen-bond acceptors (Lipinski definition) is 4. The number of nitrogens with zero attached hydrogens (tertiary/aromatic N) is 1. The highest BCUT2D eigenvalue weighted by Crippen LogP contribution is 2.28. The Kier molecular flexibility index (Phi) is 5.38. The molecule has 0 amide bonds. The second kappa shape index (κ2) is 8.09. The maximum atomic E-state index is 6.22. The summed E-state index contributed by atoms with van der Waals surface area (Å²) < 4.78 is 16.9. The predicted octanol–water partition coefficient (Wildman–Crippen LogP) is 5.60. The minimum absolute atomic E-state index is 0.356. The van der Waals surface area contributed by atoms with Crippen LogP contribution in [-0.4, -0.2) is 20.3 Å². The third kappa shape index (κ3) is 3.77. The van der Waals surface area contributed by atoms with Gasteiger partial charge in [0.05, 0.1) is 25.6 Å². The number of methoxy groups -OCH3 is 2. The summed E-state index contributed by atoms with van der Waals surface area (Å²) in [6, 6.07) is 16.2. The van der Waals surface area contributed by atoms with Crippen molar-refractivity contribution in [2.75, 3.05) is 14.2 Å². The third-order valence-corrected chi connectivity index (χ3v) is 5.70. The lowest BCUT2D eigenvalue weighted by molar-refractivity contribution is 0.328. The first kappa shape index (κ1) is 18.6. The van der Waals surface area contributed by atoms with Crippen molar-refractivity contribution in [3.8, 4) is 22.8 Å². The molecule has 4 nitrogen and oxygen atoms in total. The molecule has 0 bridgehead atoms. The van der Waals surface area contributed by atoms with Crippen molar-refractivity contribution in [2.24, 2.45) is 10.9 Å². The summed E-state index contributed by atoms with van der Waals surface area (Å²) in [6.07, 6.45) is 4.96. The molecule has 0 unspecified atom stereocenters. The normalized spacial score (nSPS) is 20.3. The zero-order valence-corrected chi connectivity index (χ0v) is 16.8. The number of ether oxygens (including phenoxy) is 2. The van der Waals surface area contributed by atoms with E-state index in [4.69, 9.17) is 18.9 Å². The molecule has 4 heteroatoms. The zero-order chi connectivity index (χ0) is 19.5. The van der Waals surface area contributed by atoms with Crippen LogP contribution in [0.4, 0.5) is 0 Å². The van der Waals surface area contributed by atoms with Crippen LogP contribution in [0.1, 0.15) is 32.6 Å². The van der Waals surface area contributed by atoms with Crippen molar-refractivity contribution < 1.29 is 13.9 Å². The van der Waals surface area contributed by atoms with E-state index in [0.29, 0.717) is 12.0 Å². The van der Waals surface area contributed by atoms with E-state index in [1.807, 2.05) is 42.5 Å². The predicted molar refractivity (Wildman–Crippen MR) is 112 cm³/mol. The Morgan fingerprint density at radius 1 is 0.893 bits per heavy atom. The maximum Gasteiger partial charge on any atom is 0.137 e. The van der Waals surface area contributed by atoms with E-state index < -0.39 is 0 Å². The summed E-state index contributed by atoms with van der Waals surface area (Å²) in [4.78, 5) is 5.18. The van der Waals surface area contributed by atoms with Gasteiger partial charge in [-0.25, -0.2) is 0 Å². The molecule has 3 aromatic rings. The molecule has 1 heterocycles. The highest BCUT2D eigenvalue weighted by molar-refractivity contribution is 5.80. The SMILES string of the molecule is COc1ccc(-c2cc(=N[C@@H]3CCCC[C@@H]3C)c3cc(OC)ccc3o2)cc1. The fourth-order valence-electron chi connectivity index (χ4n) is 3.95. The van der Waals surface area contributed by atoms with Crippen molar-refractivity contribution >= 4 is 11.0 Å². The second-order valence-corrected chi connectivity index (χ2v) is 7.54. The molecular formula is C24H27NO3. The summed E-state index contributed by atoms with van der Waals surface area (Å²) in [5.74, 6) is 3.06. The Balaban J connectivity index is 1.88. The minimum Gasteiger partial charge on any atom is -0.497 e. The summed E-state index contributed by atoms with van der Waals surface area (Å²) in [5.41, 5.74) is 1.82. The van der Waals surface area contributed by atoms with E-state index >= 15 is 0 Å². The topological polar surface area (TPSA) is 44.0 Å². The number of benzene rings is 2. The van der Waals surface area contributed by atoms with Gasteiger partial charge in [-0.3, -0.25) is 4.99 Å². The number of fused-ring (bicyclic) bond motifs is 1. The van der Waals surface area contributed by atoms with Gasteiger partial charge in [0.1, 0.15) is 22.8 Å². The van der Waals surface area contributed by atoms with Crippen molar-refractivity contribution in [1.82, 2.24) is 0 Å². The van der Waals surface area contributed by atoms with Gasteiger partial charge >= 0.3 is 0 Å². The Bertz CT molecular complexity index is 1020. The van der Waals surface area contributed by atoms with Crippen molar-refractivity contribution in [1.29, 1.82) is 0 Å². The van der Waals surface area contributed by atoms with Crippen LogP contribution in [0.3, 0.4) is 0 Å². The van der Waals surface area contributed by atoms with Gasteiger partial charge in [-0.2, -0.15) is 0 Å². The Hall–Kier alpha value is -2.75. The molecule has 4 rings (SSSR count). The lowest BCUT2D eigenvalue weighted by Crippen LogP contribution is -2.23. The minimum atomic E-state index is 0.356. The molecular weight excluding hydrogens is 350 g/mol. The van der Waals surface area contributed by atoms with E-state index in [1.54, 1.807) is 14.2 Å². The second-order valence-electron chi connectivity index (χ2n) is 7.54. The van der Waals surface area contributed by atoms with E-state index in [2.05, 4.69) is 13.0 Å². The van der Waals surface area contributed by atoms with E-state index in [9.17, 15) is 0 Å². The van der Waals surface area contributed by atoms with Crippen LogP contribution in [0, 0.1) is 5.92 Å². The first-order valence-corrected chi connectivity index (χ1v) is 9.98. The Morgan fingerprint density at radius 2 is 1.61 bits per heavy atom. The van der Waals surface area contributed by atoms with Gasteiger partial charge in [-0.15, -0.1) is 0 Å². The maximum absolute atomic E-state index is 6.22. The van der Waals surface area contributed by atoms with Crippen LogP contribution >= 0.6 is 0 Å². The van der Waals surface area contributed by atoms with Gasteiger partial charge in [-0.05, 0) is 61.2 Å². The molecule has 1 saturated carbocycles. The molecule has 0 N–H and O–H groups in total. The van der Waals surface area contributed by atoms with Gasteiger partial charge in [0.2, 0.25) is 0 Å². The molecule has 0 aliphatic heterocycles. The van der Waals surface area contributed by atoms with E-state index in [-0.39, 0.29) is 0 Å². The Morgan fingerprint density at radius 3 is 2.32 bits per heavy atom. The quantitative estimate of drug-likeness (QED) is 0.595. The summed E-state index contributed by atoms with van der Waals surface area (Å²) >= 11 is 0. The standard InChI is InChI=1S/C24H27NO3/c1-16-6-4-5-7-21(16)25-22-15-24(17-8-10-18(26-2)11-9-17)28-23-13-12-19(27-3)14-20(22)23/h8-16,21H,4-7H2,1-3H3/t16-,21+/m0/s1. The first-order chi connectivity index (χ1) is 13.7. The van der Waals surface area contributed by atoms with Gasteiger partial charge in [0.25, 0.3) is 0 Å².